The maximum atomic E-state index is 2.62. The van der Waals surface area contributed by atoms with Gasteiger partial charge in [-0.1, -0.05) is 173 Å². The Morgan fingerprint density at radius 1 is 0.429 bits per heavy atom. The Kier molecular flexibility index (Phi) is 9.46. The van der Waals surface area contributed by atoms with Gasteiger partial charge in [0.05, 0.1) is 11.1 Å². The molecule has 0 N–H and O–H groups in total. The van der Waals surface area contributed by atoms with Gasteiger partial charge in [0.2, 0.25) is 0 Å². The minimum atomic E-state index is -0.530. The summed E-state index contributed by atoms with van der Waals surface area (Å²) in [6.45, 7) is 12.1. The Hall–Kier alpha value is -6.44. The van der Waals surface area contributed by atoms with Crippen LogP contribution < -0.4 is 4.90 Å². The molecule has 1 nitrogen and oxygen atoms in total. The van der Waals surface area contributed by atoms with Gasteiger partial charge in [-0.3, -0.25) is 0 Å². The van der Waals surface area contributed by atoms with Gasteiger partial charge in [-0.15, -0.1) is 0 Å². The fraction of sp³-hybridized carbons (Fsp3) is 0.226. The summed E-state index contributed by atoms with van der Waals surface area (Å²) >= 11 is 0. The van der Waals surface area contributed by atoms with E-state index in [2.05, 4.69) is 222 Å². The summed E-state index contributed by atoms with van der Waals surface area (Å²) in [6, 6.07) is 69.4. The van der Waals surface area contributed by atoms with E-state index in [-0.39, 0.29) is 10.8 Å². The summed E-state index contributed by atoms with van der Waals surface area (Å²) in [5, 5.41) is 0. The molecule has 0 amide bonds. The summed E-state index contributed by atoms with van der Waals surface area (Å²) in [7, 11) is 0. The smallest absolute Gasteiger partial charge is 0.0714 e. The third-order valence-electron chi connectivity index (χ3n) is 15.2. The quantitative estimate of drug-likeness (QED) is 0.155. The molecule has 63 heavy (non-hydrogen) atoms. The Balaban J connectivity index is 1.27. The maximum absolute atomic E-state index is 2.62. The van der Waals surface area contributed by atoms with Gasteiger partial charge in [0, 0.05) is 16.9 Å². The summed E-state index contributed by atoms with van der Waals surface area (Å²) in [5.41, 5.74) is 23.6. The van der Waals surface area contributed by atoms with E-state index >= 15 is 0 Å². The van der Waals surface area contributed by atoms with Crippen molar-refractivity contribution in [2.45, 2.75) is 89.4 Å². The predicted octanol–water partition coefficient (Wildman–Crippen LogP) is 16.4. The van der Waals surface area contributed by atoms with Gasteiger partial charge in [0.25, 0.3) is 0 Å². The van der Waals surface area contributed by atoms with Crippen LogP contribution in [0.15, 0.2) is 182 Å². The molecule has 3 aliphatic rings. The van der Waals surface area contributed by atoms with Gasteiger partial charge in [0.1, 0.15) is 0 Å². The second kappa shape index (κ2) is 15.1. The minimum Gasteiger partial charge on any atom is -0.310 e. The minimum absolute atomic E-state index is 0.0526. The first-order chi connectivity index (χ1) is 30.6. The van der Waals surface area contributed by atoms with E-state index in [9.17, 15) is 0 Å². The molecule has 0 radical (unpaired) electrons. The highest BCUT2D eigenvalue weighted by molar-refractivity contribution is 5.98. The molecule has 0 spiro atoms. The molecule has 0 atom stereocenters. The van der Waals surface area contributed by atoms with Crippen LogP contribution in [0.3, 0.4) is 0 Å². The van der Waals surface area contributed by atoms with Gasteiger partial charge < -0.3 is 4.90 Å². The molecule has 0 aromatic heterocycles. The van der Waals surface area contributed by atoms with Gasteiger partial charge in [-0.2, -0.15) is 0 Å². The summed E-state index contributed by atoms with van der Waals surface area (Å²) in [5.74, 6) is 0. The molecule has 1 heteroatoms. The lowest BCUT2D eigenvalue weighted by Gasteiger charge is -2.42. The summed E-state index contributed by atoms with van der Waals surface area (Å²) in [6.07, 6.45) is 7.06. The molecular weight excluding hydrogens is 759 g/mol. The van der Waals surface area contributed by atoms with E-state index in [1.165, 1.54) is 114 Å². The molecular formula is C62H57N. The van der Waals surface area contributed by atoms with E-state index in [1.54, 1.807) is 0 Å². The number of anilines is 3. The van der Waals surface area contributed by atoms with Crippen LogP contribution in [0.1, 0.15) is 103 Å². The first-order valence-corrected chi connectivity index (χ1v) is 23.3. The van der Waals surface area contributed by atoms with E-state index < -0.39 is 5.41 Å². The number of nitrogens with zero attached hydrogens (tertiary/aromatic N) is 1. The van der Waals surface area contributed by atoms with Crippen LogP contribution in [0, 0.1) is 6.92 Å². The highest BCUT2D eigenvalue weighted by Crippen LogP contribution is 2.60. The molecule has 310 valence electrons. The molecule has 0 saturated carbocycles. The summed E-state index contributed by atoms with van der Waals surface area (Å²) in [4.78, 5) is 2.62. The van der Waals surface area contributed by atoms with Gasteiger partial charge in [-0.05, 0) is 171 Å². The SMILES string of the molecule is Cc1ccc2c(c1-c1cc3c(cc1N(c1ccc(-c4ccccc4)cc1)c1ccc4c(c1)C(C)(C)CCC4(C)C)C(c1ccccc1)(c1ccccc1)c1ccccc1-3)CCCC2. The Bertz CT molecular complexity index is 2950. The molecule has 0 aliphatic heterocycles. The zero-order valence-corrected chi connectivity index (χ0v) is 37.5. The predicted molar refractivity (Wildman–Crippen MR) is 266 cm³/mol. The van der Waals surface area contributed by atoms with Crippen LogP contribution in [-0.4, -0.2) is 0 Å². The number of hydrogen-bond donors (Lipinski definition) is 0. The van der Waals surface area contributed by atoms with Gasteiger partial charge in [-0.25, -0.2) is 0 Å². The monoisotopic (exact) mass is 815 g/mol. The number of fused-ring (bicyclic) bond motifs is 5. The average Bonchev–Trinajstić information content (AvgIpc) is 3.61. The van der Waals surface area contributed by atoms with E-state index in [0.717, 1.165) is 24.9 Å². The van der Waals surface area contributed by atoms with Crippen LogP contribution in [0.4, 0.5) is 17.1 Å². The number of rotatable bonds is 7. The molecule has 8 aromatic carbocycles. The zero-order valence-electron chi connectivity index (χ0n) is 37.5. The Morgan fingerprint density at radius 2 is 1.02 bits per heavy atom. The third-order valence-corrected chi connectivity index (χ3v) is 15.2. The fourth-order valence-electron chi connectivity index (χ4n) is 11.8. The number of aryl methyl sites for hydroxylation is 2. The van der Waals surface area contributed by atoms with E-state index in [4.69, 9.17) is 0 Å². The van der Waals surface area contributed by atoms with Crippen molar-refractivity contribution in [3.8, 4) is 33.4 Å². The normalized spacial score (nSPS) is 16.3. The van der Waals surface area contributed by atoms with Crippen molar-refractivity contribution < 1.29 is 0 Å². The molecule has 0 bridgehead atoms. The van der Waals surface area contributed by atoms with E-state index in [1.807, 2.05) is 0 Å². The maximum Gasteiger partial charge on any atom is 0.0714 e. The van der Waals surface area contributed by atoms with Gasteiger partial charge in [0.15, 0.2) is 0 Å². The molecule has 0 unspecified atom stereocenters. The molecule has 3 aliphatic carbocycles. The topological polar surface area (TPSA) is 3.24 Å². The average molecular weight is 816 g/mol. The van der Waals surface area contributed by atoms with Crippen LogP contribution in [0.25, 0.3) is 33.4 Å². The Morgan fingerprint density at radius 3 is 1.71 bits per heavy atom. The van der Waals surface area contributed by atoms with Crippen LogP contribution >= 0.6 is 0 Å². The molecule has 11 rings (SSSR count). The van der Waals surface area contributed by atoms with Crippen LogP contribution in [-0.2, 0) is 29.1 Å². The lowest BCUT2D eigenvalue weighted by molar-refractivity contribution is 0.332. The summed E-state index contributed by atoms with van der Waals surface area (Å²) < 4.78 is 0. The van der Waals surface area contributed by atoms with Crippen LogP contribution in [0.2, 0.25) is 0 Å². The van der Waals surface area contributed by atoms with Crippen molar-refractivity contribution in [1.29, 1.82) is 0 Å². The first-order valence-electron chi connectivity index (χ1n) is 23.3. The highest BCUT2D eigenvalue weighted by Gasteiger charge is 2.47. The standard InChI is InChI=1S/C62H57N/c1-42-29-30-45-21-15-16-26-50(45)59(42)53-40-52-51-27-17-18-28-54(51)62(46-22-11-7-12-23-46,47-24-13-8-14-25-47)56(52)41-58(53)63(48-33-31-44(32-34-48)43-19-9-6-10-20-43)49-35-36-55-57(39-49)61(4,5)38-37-60(55,2)3/h6-14,17-20,22-25,27-36,39-41H,15-16,21,26,37-38H2,1-5H3. The second-order valence-corrected chi connectivity index (χ2v) is 19.8. The number of benzene rings is 8. The number of hydrogen-bond acceptors (Lipinski definition) is 1. The van der Waals surface area contributed by atoms with Crippen molar-refractivity contribution in [3.05, 3.63) is 232 Å². The highest BCUT2D eigenvalue weighted by atomic mass is 15.1. The lowest BCUT2D eigenvalue weighted by atomic mass is 9.63. The molecule has 8 aromatic rings. The van der Waals surface area contributed by atoms with Crippen molar-refractivity contribution in [1.82, 2.24) is 0 Å². The Labute approximate surface area is 375 Å². The third kappa shape index (κ3) is 6.34. The van der Waals surface area contributed by atoms with Crippen molar-refractivity contribution in [2.75, 3.05) is 4.90 Å². The molecule has 0 heterocycles. The second-order valence-electron chi connectivity index (χ2n) is 19.8. The lowest BCUT2D eigenvalue weighted by Crippen LogP contribution is -2.34. The zero-order chi connectivity index (χ0) is 42.9. The fourth-order valence-corrected chi connectivity index (χ4v) is 11.8. The largest absolute Gasteiger partial charge is 0.310 e. The van der Waals surface area contributed by atoms with Crippen molar-refractivity contribution in [3.63, 3.8) is 0 Å². The van der Waals surface area contributed by atoms with Crippen molar-refractivity contribution in [2.24, 2.45) is 0 Å². The van der Waals surface area contributed by atoms with Gasteiger partial charge >= 0.3 is 0 Å². The van der Waals surface area contributed by atoms with Crippen LogP contribution in [0.5, 0.6) is 0 Å². The molecule has 0 saturated heterocycles. The van der Waals surface area contributed by atoms with Crippen molar-refractivity contribution >= 4 is 17.1 Å². The van der Waals surface area contributed by atoms with E-state index in [0.29, 0.717) is 0 Å². The first kappa shape index (κ1) is 39.4. The molecule has 0 fully saturated rings.